The van der Waals surface area contributed by atoms with Gasteiger partial charge in [0.25, 0.3) is 0 Å². The highest BCUT2D eigenvalue weighted by Crippen LogP contribution is 2.31. The Morgan fingerprint density at radius 3 is 2.50 bits per heavy atom. The minimum absolute atomic E-state index is 0.140. The van der Waals surface area contributed by atoms with Gasteiger partial charge < -0.3 is 0 Å². The van der Waals surface area contributed by atoms with Crippen molar-refractivity contribution in [3.8, 4) is 11.3 Å². The summed E-state index contributed by atoms with van der Waals surface area (Å²) in [4.78, 5) is 4.63. The zero-order chi connectivity index (χ0) is 18.3. The van der Waals surface area contributed by atoms with Crippen LogP contribution in [-0.2, 0) is 6.37 Å². The maximum absolute atomic E-state index is 8.66. The van der Waals surface area contributed by atoms with Crippen molar-refractivity contribution in [3.63, 3.8) is 0 Å². The Kier molecular flexibility index (Phi) is 3.51. The number of hydrogen-bond acceptors (Lipinski definition) is 1. The van der Waals surface area contributed by atoms with Crippen molar-refractivity contribution in [1.82, 2.24) is 4.98 Å². The third-order valence-corrected chi connectivity index (χ3v) is 4.99. The summed E-state index contributed by atoms with van der Waals surface area (Å²) in [7, 11) is 0. The minimum Gasteiger partial charge on any atom is -0.256 e. The van der Waals surface area contributed by atoms with Crippen LogP contribution in [0.3, 0.4) is 0 Å². The van der Waals surface area contributed by atoms with Gasteiger partial charge in [0.2, 0.25) is 0 Å². The Labute approximate surface area is 147 Å². The molecule has 0 spiro atoms. The topological polar surface area (TPSA) is 12.9 Å². The number of aryl methyl sites for hydroxylation is 2. The summed E-state index contributed by atoms with van der Waals surface area (Å²) in [6, 6.07) is 14.5. The summed E-state index contributed by atoms with van der Waals surface area (Å²) in [5.41, 5.74) is 5.36. The fourth-order valence-electron chi connectivity index (χ4n) is 3.91. The first kappa shape index (κ1) is 13.2. The third-order valence-electron chi connectivity index (χ3n) is 4.99. The monoisotopic (exact) mass is 317 g/mol. The molecule has 1 heteroatoms. The predicted octanol–water partition coefficient (Wildman–Crippen LogP) is 6.25. The number of aromatic nitrogens is 1. The maximum Gasteiger partial charge on any atom is 0.0780 e. The second kappa shape index (κ2) is 6.39. The molecule has 4 rings (SSSR count). The summed E-state index contributed by atoms with van der Waals surface area (Å²) in [6.07, 6.45) is 4.87. The average Bonchev–Trinajstić information content (AvgIpc) is 3.15. The molecule has 1 aromatic heterocycles. The molecular formula is C23H25N. The van der Waals surface area contributed by atoms with Gasteiger partial charge in [-0.15, -0.1) is 0 Å². The quantitative estimate of drug-likeness (QED) is 0.556. The van der Waals surface area contributed by atoms with Crippen molar-refractivity contribution in [3.05, 3.63) is 65.4 Å². The van der Waals surface area contributed by atoms with Crippen LogP contribution in [0.2, 0.25) is 0 Å². The summed E-state index contributed by atoms with van der Waals surface area (Å²) in [5, 5.41) is 2.15. The van der Waals surface area contributed by atoms with Gasteiger partial charge in [-0.25, -0.2) is 0 Å². The van der Waals surface area contributed by atoms with Gasteiger partial charge in [0.15, 0.2) is 0 Å². The lowest BCUT2D eigenvalue weighted by Gasteiger charge is -2.12. The van der Waals surface area contributed by atoms with E-state index < -0.39 is 6.37 Å². The van der Waals surface area contributed by atoms with Gasteiger partial charge in [0, 0.05) is 19.9 Å². The van der Waals surface area contributed by atoms with Crippen LogP contribution in [0.4, 0.5) is 0 Å². The molecule has 1 aliphatic carbocycles. The van der Waals surface area contributed by atoms with Crippen LogP contribution in [0.5, 0.6) is 0 Å². The van der Waals surface area contributed by atoms with Crippen molar-refractivity contribution in [1.29, 1.82) is 0 Å². The van der Waals surface area contributed by atoms with Crippen molar-refractivity contribution in [2.45, 2.75) is 45.9 Å². The molecule has 0 bridgehead atoms. The summed E-state index contributed by atoms with van der Waals surface area (Å²) < 4.78 is 17.3. The van der Waals surface area contributed by atoms with E-state index >= 15 is 0 Å². The highest BCUT2D eigenvalue weighted by Gasteiger charge is 2.16. The van der Waals surface area contributed by atoms with Gasteiger partial charge in [-0.1, -0.05) is 61.1 Å². The number of benzene rings is 2. The summed E-state index contributed by atoms with van der Waals surface area (Å²) in [5.74, 6) is 0.140. The Morgan fingerprint density at radius 1 is 1.00 bits per heavy atom. The molecule has 1 aliphatic rings. The van der Waals surface area contributed by atoms with E-state index in [9.17, 15) is 0 Å². The van der Waals surface area contributed by atoms with E-state index in [1.54, 1.807) is 0 Å². The highest BCUT2D eigenvalue weighted by atomic mass is 14.7. The van der Waals surface area contributed by atoms with Crippen LogP contribution < -0.4 is 0 Å². The van der Waals surface area contributed by atoms with E-state index in [1.165, 1.54) is 11.1 Å². The zero-order valence-electron chi connectivity index (χ0n) is 16.5. The molecule has 0 radical (unpaired) electrons. The Balaban J connectivity index is 1.81. The van der Waals surface area contributed by atoms with Crippen LogP contribution in [0, 0.1) is 19.8 Å². The van der Waals surface area contributed by atoms with Crippen LogP contribution in [0.15, 0.2) is 48.7 Å². The molecule has 1 heterocycles. The molecule has 1 saturated carbocycles. The van der Waals surface area contributed by atoms with Gasteiger partial charge in [-0.05, 0) is 55.3 Å². The number of nitrogens with zero attached hydrogens (tertiary/aromatic N) is 1. The molecule has 0 aliphatic heterocycles. The maximum atomic E-state index is 8.66. The molecule has 0 saturated heterocycles. The van der Waals surface area contributed by atoms with Crippen molar-refractivity contribution < 1.29 is 2.74 Å². The first-order chi connectivity index (χ1) is 12.4. The summed E-state index contributed by atoms with van der Waals surface area (Å²) >= 11 is 0. The van der Waals surface area contributed by atoms with Gasteiger partial charge in [0.05, 0.1) is 5.69 Å². The fourth-order valence-corrected chi connectivity index (χ4v) is 3.91. The minimum atomic E-state index is -1.26. The molecule has 1 fully saturated rings. The second-order valence-electron chi connectivity index (χ2n) is 7.10. The standard InChI is InChI=1S/C23H25N/c1-16-11-17(2)13-21(12-16)23-22-8-7-19(14-18-5-3-4-6-18)15-20(22)9-10-24-23/h7-13,15,18H,3-6,14H2,1-2H3/i14D2. The Morgan fingerprint density at radius 2 is 1.75 bits per heavy atom. The molecule has 0 atom stereocenters. The zero-order valence-corrected chi connectivity index (χ0v) is 14.5. The predicted molar refractivity (Wildman–Crippen MR) is 102 cm³/mol. The second-order valence-corrected chi connectivity index (χ2v) is 7.10. The Bertz CT molecular complexity index is 935. The van der Waals surface area contributed by atoms with Crippen molar-refractivity contribution in [2.75, 3.05) is 0 Å². The van der Waals surface area contributed by atoms with Gasteiger partial charge in [-0.3, -0.25) is 4.98 Å². The van der Waals surface area contributed by atoms with Crippen LogP contribution in [-0.4, -0.2) is 4.98 Å². The number of pyridine rings is 1. The average molecular weight is 317 g/mol. The van der Waals surface area contributed by atoms with Crippen molar-refractivity contribution >= 4 is 10.8 Å². The molecule has 122 valence electrons. The number of hydrogen-bond donors (Lipinski definition) is 0. The SMILES string of the molecule is [2H]C([2H])(c1ccc2c(-c3cc(C)cc(C)c3)nccc2c1)C1CCCC1. The molecule has 0 N–H and O–H groups in total. The lowest BCUT2D eigenvalue weighted by atomic mass is 9.94. The largest absolute Gasteiger partial charge is 0.256 e. The first-order valence-electron chi connectivity index (χ1n) is 9.93. The van der Waals surface area contributed by atoms with E-state index in [-0.39, 0.29) is 5.92 Å². The van der Waals surface area contributed by atoms with Crippen LogP contribution in [0.1, 0.15) is 45.1 Å². The number of rotatable bonds is 3. The molecule has 1 nitrogen and oxygen atoms in total. The van der Waals surface area contributed by atoms with Gasteiger partial charge >= 0.3 is 0 Å². The van der Waals surface area contributed by atoms with E-state index in [0.29, 0.717) is 0 Å². The van der Waals surface area contributed by atoms with Crippen LogP contribution in [0.25, 0.3) is 22.0 Å². The van der Waals surface area contributed by atoms with E-state index in [0.717, 1.165) is 53.3 Å². The fraction of sp³-hybridized carbons (Fsp3) is 0.348. The smallest absolute Gasteiger partial charge is 0.0780 e. The first-order valence-corrected chi connectivity index (χ1v) is 8.93. The van der Waals surface area contributed by atoms with E-state index in [4.69, 9.17) is 2.74 Å². The molecular weight excluding hydrogens is 290 g/mol. The van der Waals surface area contributed by atoms with Crippen molar-refractivity contribution in [2.24, 2.45) is 5.92 Å². The van der Waals surface area contributed by atoms with E-state index in [2.05, 4.69) is 43.1 Å². The van der Waals surface area contributed by atoms with E-state index in [1.807, 2.05) is 24.4 Å². The Hall–Kier alpha value is -2.15. The molecule has 2 aromatic carbocycles. The summed E-state index contributed by atoms with van der Waals surface area (Å²) in [6.45, 7) is 4.21. The molecule has 0 amide bonds. The molecule has 24 heavy (non-hydrogen) atoms. The normalized spacial score (nSPS) is 17.1. The number of fused-ring (bicyclic) bond motifs is 1. The van der Waals surface area contributed by atoms with Gasteiger partial charge in [0.1, 0.15) is 0 Å². The van der Waals surface area contributed by atoms with Crippen LogP contribution >= 0.6 is 0 Å². The lowest BCUT2D eigenvalue weighted by Crippen LogP contribution is -1.98. The van der Waals surface area contributed by atoms with Gasteiger partial charge in [-0.2, -0.15) is 0 Å². The molecule has 0 unspecified atom stereocenters. The third kappa shape index (κ3) is 3.08. The lowest BCUT2D eigenvalue weighted by molar-refractivity contribution is 0.547. The molecule has 3 aromatic rings. The highest BCUT2D eigenvalue weighted by molar-refractivity contribution is 5.95.